The van der Waals surface area contributed by atoms with Gasteiger partial charge in [-0.15, -0.1) is 0 Å². The van der Waals surface area contributed by atoms with Crippen LogP contribution in [0.15, 0.2) is 227 Å². The van der Waals surface area contributed by atoms with E-state index in [4.69, 9.17) is 14.4 Å². The average Bonchev–Trinajstić information content (AvgIpc) is 4.02. The normalized spacial score (nSPS) is 14.2. The van der Waals surface area contributed by atoms with Crippen molar-refractivity contribution in [3.63, 3.8) is 0 Å². The molecule has 0 fully saturated rings. The highest BCUT2D eigenvalue weighted by molar-refractivity contribution is 6.21. The predicted molar refractivity (Wildman–Crippen MR) is 260 cm³/mol. The zero-order valence-corrected chi connectivity index (χ0v) is 34.0. The van der Waals surface area contributed by atoms with Gasteiger partial charge >= 0.3 is 0 Å². The molecular weight excluding hydrogens is 771 g/mol. The van der Waals surface area contributed by atoms with Crippen molar-refractivity contribution in [2.75, 3.05) is 0 Å². The fraction of sp³-hybridized carbons (Fsp3) is 0.0175. The highest BCUT2D eigenvalue weighted by Gasteiger charge is 2.28. The molecule has 0 amide bonds. The van der Waals surface area contributed by atoms with Gasteiger partial charge in [-0.2, -0.15) is 0 Å². The Morgan fingerprint density at radius 1 is 0.413 bits per heavy atom. The molecule has 9 aromatic carbocycles. The molecule has 3 aromatic heterocycles. The summed E-state index contributed by atoms with van der Waals surface area (Å²) in [5.41, 5.74) is 13.1. The third-order valence-electron chi connectivity index (χ3n) is 12.6. The molecule has 13 rings (SSSR count). The molecule has 0 spiro atoms. The number of nitrogens with one attached hydrogen (secondary N) is 1. The number of furan rings is 1. The van der Waals surface area contributed by atoms with E-state index in [0.717, 1.165) is 94.2 Å². The van der Waals surface area contributed by atoms with Crippen LogP contribution in [0, 0.1) is 0 Å². The van der Waals surface area contributed by atoms with E-state index >= 15 is 0 Å². The molecule has 0 radical (unpaired) electrons. The summed E-state index contributed by atoms with van der Waals surface area (Å²) in [6, 6.07) is 74.9. The first-order chi connectivity index (χ1) is 31.3. The number of fused-ring (bicyclic) bond motifs is 9. The van der Waals surface area contributed by atoms with E-state index in [1.807, 2.05) is 24.3 Å². The molecule has 1 atom stereocenters. The Kier molecular flexibility index (Phi) is 7.87. The number of amidine groups is 2. The minimum atomic E-state index is -0.367. The van der Waals surface area contributed by atoms with Crippen LogP contribution in [0.2, 0.25) is 0 Å². The van der Waals surface area contributed by atoms with E-state index in [-0.39, 0.29) is 6.17 Å². The summed E-state index contributed by atoms with van der Waals surface area (Å²) in [6.45, 7) is 0. The lowest BCUT2D eigenvalue weighted by Crippen LogP contribution is -2.33. The first-order valence-corrected chi connectivity index (χ1v) is 21.4. The van der Waals surface area contributed by atoms with Crippen LogP contribution in [-0.2, 0) is 0 Å². The number of aliphatic imine (C=N–C) groups is 2. The molecule has 6 heteroatoms. The number of rotatable bonds is 6. The second kappa shape index (κ2) is 14.0. The maximum absolute atomic E-state index is 7.47. The van der Waals surface area contributed by atoms with Crippen molar-refractivity contribution in [1.82, 2.24) is 14.5 Å². The van der Waals surface area contributed by atoms with E-state index in [0.29, 0.717) is 5.84 Å². The minimum absolute atomic E-state index is 0.367. The molecule has 1 aliphatic heterocycles. The van der Waals surface area contributed by atoms with Crippen LogP contribution in [0.1, 0.15) is 22.9 Å². The number of hydrogen-bond donors (Lipinski definition) is 1. The lowest BCUT2D eigenvalue weighted by atomic mass is 10.0. The van der Waals surface area contributed by atoms with Crippen LogP contribution in [0.4, 0.5) is 0 Å². The van der Waals surface area contributed by atoms with Crippen LogP contribution in [0.3, 0.4) is 0 Å². The molecule has 12 aromatic rings. The van der Waals surface area contributed by atoms with Crippen molar-refractivity contribution in [2.24, 2.45) is 9.98 Å². The van der Waals surface area contributed by atoms with Gasteiger partial charge in [-0.25, -0.2) is 9.98 Å². The summed E-state index contributed by atoms with van der Waals surface area (Å²) >= 11 is 0. The fourth-order valence-corrected chi connectivity index (χ4v) is 9.73. The van der Waals surface area contributed by atoms with E-state index in [9.17, 15) is 0 Å². The van der Waals surface area contributed by atoms with Gasteiger partial charge in [0.25, 0.3) is 0 Å². The van der Waals surface area contributed by atoms with Crippen molar-refractivity contribution >= 4 is 77.2 Å². The SMILES string of the molecule is c1ccc(C2=NC(c3ccc4c(oc5c(-n6c7ccccc7c7ccc(-c8ccccc8)cc76)cccc54)c3-n3c4ccccc4c4ccccc43)=NC(c3ccccc3)N2)cc1. The Morgan fingerprint density at radius 3 is 1.63 bits per heavy atom. The van der Waals surface area contributed by atoms with Crippen molar-refractivity contribution in [3.8, 4) is 22.5 Å². The van der Waals surface area contributed by atoms with Crippen molar-refractivity contribution in [1.29, 1.82) is 0 Å². The molecule has 0 saturated carbocycles. The molecule has 0 bridgehead atoms. The van der Waals surface area contributed by atoms with E-state index in [2.05, 4.69) is 203 Å². The van der Waals surface area contributed by atoms with Crippen LogP contribution < -0.4 is 5.32 Å². The van der Waals surface area contributed by atoms with E-state index in [1.54, 1.807) is 0 Å². The Labute approximate surface area is 362 Å². The molecule has 1 aliphatic rings. The minimum Gasteiger partial charge on any atom is -0.452 e. The fourth-order valence-electron chi connectivity index (χ4n) is 9.73. The summed E-state index contributed by atoms with van der Waals surface area (Å²) in [5, 5.41) is 10.4. The summed E-state index contributed by atoms with van der Waals surface area (Å²) in [7, 11) is 0. The van der Waals surface area contributed by atoms with Gasteiger partial charge in [0.2, 0.25) is 0 Å². The van der Waals surface area contributed by atoms with E-state index in [1.165, 1.54) is 16.3 Å². The Bertz CT molecular complexity index is 3770. The third kappa shape index (κ3) is 5.51. The Hall–Kier alpha value is -8.48. The average molecular weight is 808 g/mol. The largest absolute Gasteiger partial charge is 0.452 e. The first-order valence-electron chi connectivity index (χ1n) is 21.4. The number of para-hydroxylation sites is 4. The van der Waals surface area contributed by atoms with Gasteiger partial charge < -0.3 is 18.9 Å². The smallest absolute Gasteiger partial charge is 0.161 e. The predicted octanol–water partition coefficient (Wildman–Crippen LogP) is 13.9. The molecule has 0 saturated heterocycles. The highest BCUT2D eigenvalue weighted by atomic mass is 16.3. The maximum Gasteiger partial charge on any atom is 0.161 e. The second-order valence-electron chi connectivity index (χ2n) is 16.2. The molecule has 296 valence electrons. The molecule has 0 aliphatic carbocycles. The quantitative estimate of drug-likeness (QED) is 0.182. The highest BCUT2D eigenvalue weighted by Crippen LogP contribution is 2.44. The number of hydrogen-bond acceptors (Lipinski definition) is 4. The second-order valence-corrected chi connectivity index (χ2v) is 16.2. The van der Waals surface area contributed by atoms with Gasteiger partial charge in [0, 0.05) is 43.4 Å². The lowest BCUT2D eigenvalue weighted by Gasteiger charge is -2.24. The number of nitrogens with zero attached hydrogens (tertiary/aromatic N) is 4. The summed E-state index contributed by atoms with van der Waals surface area (Å²) in [5.74, 6) is 1.38. The van der Waals surface area contributed by atoms with Gasteiger partial charge in [0.15, 0.2) is 17.0 Å². The Morgan fingerprint density at radius 2 is 0.952 bits per heavy atom. The van der Waals surface area contributed by atoms with Gasteiger partial charge in [-0.1, -0.05) is 170 Å². The molecule has 6 nitrogen and oxygen atoms in total. The topological polar surface area (TPSA) is 59.8 Å². The summed E-state index contributed by atoms with van der Waals surface area (Å²) < 4.78 is 12.2. The zero-order valence-electron chi connectivity index (χ0n) is 34.0. The van der Waals surface area contributed by atoms with Crippen molar-refractivity contribution < 1.29 is 4.42 Å². The standard InChI is InChI=1S/C57H37N5O/c1-4-17-36(18-5-1)39-31-32-43-42-25-10-13-27-47(42)61(51(43)35-39)50-30-16-26-44-45-33-34-46(57-59-55(37-19-6-2-7-20-37)58-56(60-57)38-21-8-3-9-22-38)52(54(45)63-53(44)50)62-48-28-14-11-23-40(48)41-24-12-15-29-49(41)62/h1-35,55H,(H,58,59,60). The van der Waals surface area contributed by atoms with Gasteiger partial charge in [0.05, 0.1) is 27.8 Å². The Balaban J connectivity index is 1.13. The molecular formula is C57H37N5O. The summed E-state index contributed by atoms with van der Waals surface area (Å²) in [4.78, 5) is 10.8. The molecule has 1 unspecified atom stereocenters. The number of aromatic nitrogens is 2. The van der Waals surface area contributed by atoms with Crippen molar-refractivity contribution in [2.45, 2.75) is 6.17 Å². The molecule has 63 heavy (non-hydrogen) atoms. The zero-order chi connectivity index (χ0) is 41.4. The van der Waals surface area contributed by atoms with Gasteiger partial charge in [-0.3, -0.25) is 0 Å². The van der Waals surface area contributed by atoms with Crippen LogP contribution in [0.25, 0.3) is 88.1 Å². The van der Waals surface area contributed by atoms with Crippen LogP contribution in [0.5, 0.6) is 0 Å². The maximum atomic E-state index is 7.47. The first kappa shape index (κ1) is 35.3. The lowest BCUT2D eigenvalue weighted by molar-refractivity contribution is 0.663. The van der Waals surface area contributed by atoms with Crippen LogP contribution in [-0.4, -0.2) is 20.8 Å². The monoisotopic (exact) mass is 807 g/mol. The van der Waals surface area contributed by atoms with Crippen LogP contribution >= 0.6 is 0 Å². The van der Waals surface area contributed by atoms with E-state index < -0.39 is 0 Å². The third-order valence-corrected chi connectivity index (χ3v) is 12.6. The van der Waals surface area contributed by atoms with Gasteiger partial charge in [0.1, 0.15) is 17.7 Å². The molecule has 4 heterocycles. The van der Waals surface area contributed by atoms with Crippen molar-refractivity contribution in [3.05, 3.63) is 229 Å². The van der Waals surface area contributed by atoms with Gasteiger partial charge in [-0.05, 0) is 59.2 Å². The molecule has 1 N–H and O–H groups in total. The summed E-state index contributed by atoms with van der Waals surface area (Å²) in [6.07, 6.45) is -0.367. The number of benzene rings is 9.